The lowest BCUT2D eigenvalue weighted by molar-refractivity contribution is -0.118. The summed E-state index contributed by atoms with van der Waals surface area (Å²) in [5, 5.41) is 13.0. The van der Waals surface area contributed by atoms with Gasteiger partial charge in [0.1, 0.15) is 0 Å². The van der Waals surface area contributed by atoms with Crippen LogP contribution < -0.4 is 10.2 Å². The van der Waals surface area contributed by atoms with Gasteiger partial charge in [-0.15, -0.1) is 0 Å². The third-order valence-electron chi connectivity index (χ3n) is 3.63. The number of benzene rings is 2. The molecule has 0 aromatic heterocycles. The van der Waals surface area contributed by atoms with Gasteiger partial charge in [0.2, 0.25) is 5.91 Å². The summed E-state index contributed by atoms with van der Waals surface area (Å²) >= 11 is 0. The van der Waals surface area contributed by atoms with Crippen LogP contribution in [0.15, 0.2) is 54.6 Å². The van der Waals surface area contributed by atoms with Gasteiger partial charge in [-0.2, -0.15) is 0 Å². The van der Waals surface area contributed by atoms with E-state index in [4.69, 9.17) is 0 Å². The van der Waals surface area contributed by atoms with E-state index in [2.05, 4.69) is 17.1 Å². The topological polar surface area (TPSA) is 52.6 Å². The van der Waals surface area contributed by atoms with Gasteiger partial charge >= 0.3 is 0 Å². The summed E-state index contributed by atoms with van der Waals surface area (Å²) < 4.78 is 0. The van der Waals surface area contributed by atoms with Crippen LogP contribution in [-0.2, 0) is 4.79 Å². The second-order valence-electron chi connectivity index (χ2n) is 5.21. The van der Waals surface area contributed by atoms with E-state index in [0.29, 0.717) is 0 Å². The van der Waals surface area contributed by atoms with Gasteiger partial charge in [0, 0.05) is 13.6 Å². The first kappa shape index (κ1) is 16.0. The predicted octanol–water partition coefficient (Wildman–Crippen LogP) is 3.20. The van der Waals surface area contributed by atoms with Gasteiger partial charge in [-0.3, -0.25) is 4.79 Å². The summed E-state index contributed by atoms with van der Waals surface area (Å²) in [5.41, 5.74) is 2.47. The van der Waals surface area contributed by atoms with Crippen LogP contribution in [0.4, 0.5) is 11.4 Å². The van der Waals surface area contributed by atoms with Gasteiger partial charge in [0.15, 0.2) is 0 Å². The highest BCUT2D eigenvalue weighted by atomic mass is 16.3. The first-order valence-electron chi connectivity index (χ1n) is 7.44. The van der Waals surface area contributed by atoms with E-state index in [-0.39, 0.29) is 12.3 Å². The number of carbonyl (C=O) groups excluding carboxylic acids is 1. The molecule has 0 spiro atoms. The number of aliphatic hydroxyl groups excluding tert-OH is 1. The molecule has 4 heteroatoms. The predicted molar refractivity (Wildman–Crippen MR) is 90.0 cm³/mol. The van der Waals surface area contributed by atoms with Crippen molar-refractivity contribution in [1.29, 1.82) is 0 Å². The molecule has 0 aliphatic carbocycles. The summed E-state index contributed by atoms with van der Waals surface area (Å²) in [6.07, 6.45) is -0.758. The lowest BCUT2D eigenvalue weighted by Gasteiger charge is -2.21. The molecule has 0 radical (unpaired) electrons. The van der Waals surface area contributed by atoms with Crippen molar-refractivity contribution < 1.29 is 9.90 Å². The summed E-state index contributed by atoms with van der Waals surface area (Å²) in [6.45, 7) is 2.90. The van der Waals surface area contributed by atoms with Crippen molar-refractivity contribution in [2.45, 2.75) is 19.4 Å². The minimum absolute atomic E-state index is 0.0359. The number of hydrogen-bond acceptors (Lipinski definition) is 3. The molecule has 1 atom stereocenters. The highest BCUT2D eigenvalue weighted by Crippen LogP contribution is 2.25. The van der Waals surface area contributed by atoms with Crippen molar-refractivity contribution in [3.63, 3.8) is 0 Å². The van der Waals surface area contributed by atoms with Crippen molar-refractivity contribution in [2.24, 2.45) is 0 Å². The second-order valence-corrected chi connectivity index (χ2v) is 5.21. The van der Waals surface area contributed by atoms with Crippen molar-refractivity contribution >= 4 is 17.3 Å². The zero-order chi connectivity index (χ0) is 15.9. The van der Waals surface area contributed by atoms with Gasteiger partial charge in [-0.1, -0.05) is 42.5 Å². The Balaban J connectivity index is 2.04. The molecule has 2 aromatic carbocycles. The molecule has 0 saturated heterocycles. The maximum absolute atomic E-state index is 12.2. The third-order valence-corrected chi connectivity index (χ3v) is 3.63. The molecule has 1 unspecified atom stereocenters. The lowest BCUT2D eigenvalue weighted by atomic mass is 10.1. The Hall–Kier alpha value is -2.33. The van der Waals surface area contributed by atoms with Gasteiger partial charge in [-0.05, 0) is 24.6 Å². The van der Waals surface area contributed by atoms with E-state index in [1.807, 2.05) is 61.6 Å². The molecular weight excluding hydrogens is 276 g/mol. The Morgan fingerprint density at radius 2 is 1.77 bits per heavy atom. The van der Waals surface area contributed by atoms with Crippen LogP contribution >= 0.6 is 0 Å². The SMILES string of the molecule is CCN(C)c1ccccc1NC(=O)CC(O)c1ccccc1. The summed E-state index contributed by atoms with van der Waals surface area (Å²) in [5.74, 6) is -0.201. The molecule has 1 amide bonds. The lowest BCUT2D eigenvalue weighted by Crippen LogP contribution is -2.20. The zero-order valence-corrected chi connectivity index (χ0v) is 13.0. The van der Waals surface area contributed by atoms with Gasteiger partial charge in [-0.25, -0.2) is 0 Å². The van der Waals surface area contributed by atoms with Crippen LogP contribution in [0.25, 0.3) is 0 Å². The first-order valence-corrected chi connectivity index (χ1v) is 7.44. The highest BCUT2D eigenvalue weighted by molar-refractivity contribution is 5.94. The molecule has 4 nitrogen and oxygen atoms in total. The number of amides is 1. The molecule has 0 bridgehead atoms. The maximum Gasteiger partial charge on any atom is 0.227 e. The van der Waals surface area contributed by atoms with E-state index in [1.54, 1.807) is 0 Å². The molecular formula is C18H22N2O2. The number of rotatable bonds is 6. The average molecular weight is 298 g/mol. The molecule has 0 fully saturated rings. The first-order chi connectivity index (χ1) is 10.6. The fourth-order valence-corrected chi connectivity index (χ4v) is 2.25. The monoisotopic (exact) mass is 298 g/mol. The minimum Gasteiger partial charge on any atom is -0.388 e. The van der Waals surface area contributed by atoms with Crippen molar-refractivity contribution in [1.82, 2.24) is 0 Å². The fourth-order valence-electron chi connectivity index (χ4n) is 2.25. The van der Waals surface area contributed by atoms with E-state index in [0.717, 1.165) is 23.5 Å². The number of anilines is 2. The zero-order valence-electron chi connectivity index (χ0n) is 13.0. The molecule has 0 aliphatic heterocycles. The van der Waals surface area contributed by atoms with Crippen molar-refractivity contribution in [3.05, 3.63) is 60.2 Å². The number of para-hydroxylation sites is 2. The minimum atomic E-state index is -0.794. The normalized spacial score (nSPS) is 11.8. The Morgan fingerprint density at radius 1 is 1.14 bits per heavy atom. The Labute approximate surface area is 131 Å². The Kier molecular flexibility index (Phi) is 5.55. The van der Waals surface area contributed by atoms with E-state index in [1.165, 1.54) is 0 Å². The number of hydrogen-bond donors (Lipinski definition) is 2. The molecule has 0 heterocycles. The standard InChI is InChI=1S/C18H22N2O2/c1-3-20(2)16-12-8-7-11-15(16)19-18(22)13-17(21)14-9-5-4-6-10-14/h4-12,17,21H,3,13H2,1-2H3,(H,19,22). The van der Waals surface area contributed by atoms with Crippen molar-refractivity contribution in [2.75, 3.05) is 23.8 Å². The summed E-state index contributed by atoms with van der Waals surface area (Å²) in [7, 11) is 1.98. The maximum atomic E-state index is 12.2. The Morgan fingerprint density at radius 3 is 2.45 bits per heavy atom. The second kappa shape index (κ2) is 7.61. The molecule has 2 rings (SSSR count). The third kappa shape index (κ3) is 4.09. The number of aliphatic hydroxyl groups is 1. The largest absolute Gasteiger partial charge is 0.388 e. The van der Waals surface area contributed by atoms with E-state index >= 15 is 0 Å². The molecule has 0 aliphatic rings. The van der Waals surface area contributed by atoms with Crippen LogP contribution in [0.1, 0.15) is 25.0 Å². The molecule has 2 N–H and O–H groups in total. The van der Waals surface area contributed by atoms with E-state index in [9.17, 15) is 9.90 Å². The van der Waals surface area contributed by atoms with Crippen LogP contribution in [-0.4, -0.2) is 24.6 Å². The molecule has 2 aromatic rings. The van der Waals surface area contributed by atoms with Crippen LogP contribution in [0, 0.1) is 0 Å². The van der Waals surface area contributed by atoms with E-state index < -0.39 is 6.10 Å². The molecule has 22 heavy (non-hydrogen) atoms. The number of carbonyl (C=O) groups is 1. The van der Waals surface area contributed by atoms with Crippen LogP contribution in [0.3, 0.4) is 0 Å². The van der Waals surface area contributed by atoms with Crippen molar-refractivity contribution in [3.8, 4) is 0 Å². The fraction of sp³-hybridized carbons (Fsp3) is 0.278. The number of nitrogens with one attached hydrogen (secondary N) is 1. The Bertz CT molecular complexity index is 613. The number of nitrogens with zero attached hydrogens (tertiary/aromatic N) is 1. The molecule has 116 valence electrons. The van der Waals surface area contributed by atoms with Crippen LogP contribution in [0.5, 0.6) is 0 Å². The summed E-state index contributed by atoms with van der Waals surface area (Å²) in [4.78, 5) is 14.2. The quantitative estimate of drug-likeness (QED) is 0.861. The highest BCUT2D eigenvalue weighted by Gasteiger charge is 2.14. The summed E-state index contributed by atoms with van der Waals surface area (Å²) in [6, 6.07) is 16.9. The van der Waals surface area contributed by atoms with Gasteiger partial charge in [0.05, 0.1) is 23.9 Å². The van der Waals surface area contributed by atoms with Crippen LogP contribution in [0.2, 0.25) is 0 Å². The average Bonchev–Trinajstić information content (AvgIpc) is 2.55. The van der Waals surface area contributed by atoms with Gasteiger partial charge < -0.3 is 15.3 Å². The smallest absolute Gasteiger partial charge is 0.227 e. The molecule has 0 saturated carbocycles. The van der Waals surface area contributed by atoms with Gasteiger partial charge in [0.25, 0.3) is 0 Å².